The van der Waals surface area contributed by atoms with Crippen molar-refractivity contribution in [1.29, 1.82) is 0 Å². The van der Waals surface area contributed by atoms with Crippen LogP contribution < -0.4 is 15.0 Å². The molecule has 9 heteroatoms. The molecule has 0 bridgehead atoms. The molecule has 0 unspecified atom stereocenters. The van der Waals surface area contributed by atoms with Crippen molar-refractivity contribution in [2.24, 2.45) is 5.92 Å². The summed E-state index contributed by atoms with van der Waals surface area (Å²) < 4.78 is 6.00. The minimum atomic E-state index is -0.0830. The second-order valence-corrected chi connectivity index (χ2v) is 8.62. The number of carbonyl (C=O) groups is 1. The van der Waals surface area contributed by atoms with Crippen LogP contribution in [0.1, 0.15) is 67.2 Å². The van der Waals surface area contributed by atoms with Crippen molar-refractivity contribution in [3.8, 4) is 17.3 Å². The monoisotopic (exact) mass is 497 g/mol. The van der Waals surface area contributed by atoms with Crippen LogP contribution in [0.25, 0.3) is 22.3 Å². The summed E-state index contributed by atoms with van der Waals surface area (Å²) in [7, 11) is 1.93. The molecule has 0 amide bonds. The van der Waals surface area contributed by atoms with Gasteiger partial charge in [0, 0.05) is 36.5 Å². The van der Waals surface area contributed by atoms with Crippen molar-refractivity contribution in [3.05, 3.63) is 24.7 Å². The molecule has 5 rings (SSSR count). The zero-order valence-electron chi connectivity index (χ0n) is 23.0. The Bertz CT molecular complexity index is 1060. The number of rotatable bonds is 6. The van der Waals surface area contributed by atoms with Gasteiger partial charge in [0.15, 0.2) is 0 Å². The summed E-state index contributed by atoms with van der Waals surface area (Å²) in [4.78, 5) is 26.4. The fraction of sp³-hybridized carbons (Fsp3) is 0.593. The van der Waals surface area contributed by atoms with Gasteiger partial charge in [-0.1, -0.05) is 34.6 Å². The largest absolute Gasteiger partial charge is 0.471 e. The number of ether oxygens (including phenoxy) is 1. The highest BCUT2D eigenvalue weighted by atomic mass is 16.5. The van der Waals surface area contributed by atoms with E-state index in [0.717, 1.165) is 79.7 Å². The zero-order valence-corrected chi connectivity index (χ0v) is 23.0. The Morgan fingerprint density at radius 3 is 2.39 bits per heavy atom. The van der Waals surface area contributed by atoms with Crippen molar-refractivity contribution in [1.82, 2.24) is 30.5 Å². The van der Waals surface area contributed by atoms with Gasteiger partial charge >= 0.3 is 0 Å². The molecule has 1 aliphatic heterocycles. The molecule has 2 fully saturated rings. The lowest BCUT2D eigenvalue weighted by molar-refractivity contribution is -0.111. The third-order valence-corrected chi connectivity index (χ3v) is 6.03. The van der Waals surface area contributed by atoms with E-state index in [-0.39, 0.29) is 11.5 Å². The molecule has 2 aliphatic rings. The van der Waals surface area contributed by atoms with Crippen LogP contribution in [0.3, 0.4) is 0 Å². The van der Waals surface area contributed by atoms with E-state index in [2.05, 4.69) is 49.2 Å². The van der Waals surface area contributed by atoms with Gasteiger partial charge in [0.05, 0.1) is 17.4 Å². The lowest BCUT2D eigenvalue weighted by Gasteiger charge is -2.30. The molecule has 0 atom stereocenters. The molecule has 0 spiro atoms. The number of aromatic amines is 1. The third-order valence-electron chi connectivity index (χ3n) is 6.03. The number of fused-ring (bicyclic) bond motifs is 1. The minimum Gasteiger partial charge on any atom is -0.471 e. The fourth-order valence-corrected chi connectivity index (χ4v) is 3.59. The molecule has 3 aromatic rings. The Balaban J connectivity index is 0.000000512. The molecule has 198 valence electrons. The normalized spacial score (nSPS) is 15.9. The number of nitrogens with zero attached hydrogens (tertiary/aromatic N) is 5. The van der Waals surface area contributed by atoms with Crippen molar-refractivity contribution in [3.63, 3.8) is 0 Å². The van der Waals surface area contributed by atoms with Crippen LogP contribution in [0.15, 0.2) is 24.7 Å². The lowest BCUT2D eigenvalue weighted by atomic mass is 9.99. The molecular formula is C27H43N7O2. The lowest BCUT2D eigenvalue weighted by Crippen LogP contribution is -2.34. The molecular weight excluding hydrogens is 454 g/mol. The molecule has 4 heterocycles. The molecule has 2 N–H and O–H groups in total. The van der Waals surface area contributed by atoms with E-state index in [1.54, 1.807) is 12.5 Å². The fourth-order valence-electron chi connectivity index (χ4n) is 3.59. The second kappa shape index (κ2) is 14.5. The van der Waals surface area contributed by atoms with E-state index in [9.17, 15) is 4.79 Å². The van der Waals surface area contributed by atoms with Crippen molar-refractivity contribution in [2.75, 3.05) is 31.6 Å². The first-order valence-corrected chi connectivity index (χ1v) is 13.3. The molecule has 1 saturated heterocycles. The molecule has 36 heavy (non-hydrogen) atoms. The molecule has 3 aromatic heterocycles. The predicted octanol–water partition coefficient (Wildman–Crippen LogP) is 5.04. The van der Waals surface area contributed by atoms with Crippen molar-refractivity contribution >= 4 is 23.0 Å². The highest BCUT2D eigenvalue weighted by Gasteiger charge is 2.40. The van der Waals surface area contributed by atoms with Gasteiger partial charge in [-0.25, -0.2) is 15.0 Å². The van der Waals surface area contributed by atoms with Gasteiger partial charge in [0.2, 0.25) is 5.88 Å². The maximum absolute atomic E-state index is 11.0. The number of anilines is 1. The van der Waals surface area contributed by atoms with E-state index < -0.39 is 0 Å². The first-order chi connectivity index (χ1) is 17.5. The summed E-state index contributed by atoms with van der Waals surface area (Å²) in [5, 5.41) is 11.3. The van der Waals surface area contributed by atoms with Crippen molar-refractivity contribution in [2.45, 2.75) is 72.8 Å². The Kier molecular flexibility index (Phi) is 11.7. The average molecular weight is 498 g/mol. The number of pyridine rings is 1. The number of piperidine rings is 1. The quantitative estimate of drug-likeness (QED) is 0.456. The van der Waals surface area contributed by atoms with Crippen LogP contribution in [-0.2, 0) is 4.79 Å². The maximum atomic E-state index is 11.0. The SMILES string of the molecule is CC.CC.CC1(Oc2cc3c(-c4cc(N5CCC(C=O)CC5)ncn4)n[nH]c3cn2)CC1.CCNC. The van der Waals surface area contributed by atoms with E-state index in [4.69, 9.17) is 4.74 Å². The van der Waals surface area contributed by atoms with Gasteiger partial charge in [-0.05, 0) is 46.2 Å². The molecule has 9 nitrogen and oxygen atoms in total. The summed E-state index contributed by atoms with van der Waals surface area (Å²) in [6.07, 6.45) is 8.22. The van der Waals surface area contributed by atoms with Gasteiger partial charge in [-0.3, -0.25) is 5.10 Å². The molecule has 0 radical (unpaired) electrons. The Morgan fingerprint density at radius 2 is 1.81 bits per heavy atom. The van der Waals surface area contributed by atoms with Crippen molar-refractivity contribution < 1.29 is 9.53 Å². The predicted molar refractivity (Wildman–Crippen MR) is 146 cm³/mol. The number of hydrogen-bond donors (Lipinski definition) is 2. The molecule has 0 aromatic carbocycles. The van der Waals surface area contributed by atoms with Crippen LogP contribution in [0.5, 0.6) is 5.88 Å². The van der Waals surface area contributed by atoms with Crippen LogP contribution in [0.2, 0.25) is 0 Å². The van der Waals surface area contributed by atoms with E-state index >= 15 is 0 Å². The maximum Gasteiger partial charge on any atom is 0.214 e. The van der Waals surface area contributed by atoms with Crippen LogP contribution in [0.4, 0.5) is 5.82 Å². The highest BCUT2D eigenvalue weighted by molar-refractivity contribution is 5.92. The van der Waals surface area contributed by atoms with Gasteiger partial charge in [-0.15, -0.1) is 0 Å². The van der Waals surface area contributed by atoms with Gasteiger partial charge in [0.1, 0.15) is 29.7 Å². The van der Waals surface area contributed by atoms with Gasteiger partial charge < -0.3 is 19.7 Å². The minimum absolute atomic E-state index is 0.0830. The first kappa shape index (κ1) is 29.2. The zero-order chi connectivity index (χ0) is 26.6. The Hall–Kier alpha value is -3.07. The van der Waals surface area contributed by atoms with E-state index in [1.165, 1.54) is 0 Å². The summed E-state index contributed by atoms with van der Waals surface area (Å²) in [6.45, 7) is 14.9. The van der Waals surface area contributed by atoms with Gasteiger partial charge in [0.25, 0.3) is 0 Å². The Morgan fingerprint density at radius 1 is 1.14 bits per heavy atom. The molecule has 1 aliphatic carbocycles. The highest BCUT2D eigenvalue weighted by Crippen LogP contribution is 2.39. The van der Waals surface area contributed by atoms with Gasteiger partial charge in [-0.2, -0.15) is 5.10 Å². The summed E-state index contributed by atoms with van der Waals surface area (Å²) in [5.41, 5.74) is 2.27. The molecule has 1 saturated carbocycles. The average Bonchev–Trinajstić information content (AvgIpc) is 3.52. The number of nitrogens with one attached hydrogen (secondary N) is 2. The number of aromatic nitrogens is 5. The standard InChI is InChI=1S/C20H22N6O2.C3H9N.2C2H6/c1-20(4-5-20)28-18-8-14-16(10-21-18)24-25-19(14)15-9-17(23-12-22-15)26-6-2-13(11-27)3-7-26;1-3-4-2;2*1-2/h8-13H,2-7H2,1H3,(H,24,25);4H,3H2,1-2H3;2*1-2H3. The number of hydrogen-bond acceptors (Lipinski definition) is 8. The van der Waals surface area contributed by atoms with E-state index in [0.29, 0.717) is 5.88 Å². The smallest absolute Gasteiger partial charge is 0.214 e. The van der Waals surface area contributed by atoms with Crippen LogP contribution in [0, 0.1) is 5.92 Å². The van der Waals surface area contributed by atoms with Crippen LogP contribution >= 0.6 is 0 Å². The third kappa shape index (κ3) is 7.71. The summed E-state index contributed by atoms with van der Waals surface area (Å²) >= 11 is 0. The Labute approximate surface area is 215 Å². The number of carbonyl (C=O) groups excluding carboxylic acids is 1. The summed E-state index contributed by atoms with van der Waals surface area (Å²) in [6, 6.07) is 3.88. The number of H-pyrrole nitrogens is 1. The number of aldehydes is 1. The van der Waals surface area contributed by atoms with E-state index in [1.807, 2.05) is 46.9 Å². The second-order valence-electron chi connectivity index (χ2n) is 8.62. The van der Waals surface area contributed by atoms with Crippen LogP contribution in [-0.4, -0.2) is 63.7 Å². The first-order valence-electron chi connectivity index (χ1n) is 13.3. The summed E-state index contributed by atoms with van der Waals surface area (Å²) in [5.74, 6) is 1.63. The topological polar surface area (TPSA) is 109 Å².